The first-order valence-corrected chi connectivity index (χ1v) is 13.5. The quantitative estimate of drug-likeness (QED) is 0.305. The number of carbonyl (C=O) groups excluding carboxylic acids is 1. The van der Waals surface area contributed by atoms with Gasteiger partial charge in [0.25, 0.3) is 5.91 Å². The van der Waals surface area contributed by atoms with Crippen molar-refractivity contribution in [2.24, 2.45) is 0 Å². The second-order valence-corrected chi connectivity index (χ2v) is 11.0. The smallest absolute Gasteiger partial charge is 0.251 e. The van der Waals surface area contributed by atoms with Crippen LogP contribution in [-0.4, -0.2) is 63.1 Å². The second kappa shape index (κ2) is 10.6. The highest BCUT2D eigenvalue weighted by molar-refractivity contribution is 7.91. The fourth-order valence-corrected chi connectivity index (χ4v) is 6.04. The number of amides is 1. The molecular formula is C23H25N5O5S2. The monoisotopic (exact) mass is 515 g/mol. The molecule has 2 aromatic heterocycles. The van der Waals surface area contributed by atoms with Gasteiger partial charge in [-0.2, -0.15) is 0 Å². The van der Waals surface area contributed by atoms with Gasteiger partial charge in [-0.25, -0.2) is 13.4 Å². The third-order valence-corrected chi connectivity index (χ3v) is 7.66. The number of hydrogen-bond acceptors (Lipinski definition) is 10. The number of hydrogen-bond donors (Lipinski definition) is 2. The molecule has 1 amide bonds. The first kappa shape index (κ1) is 24.9. The van der Waals surface area contributed by atoms with Gasteiger partial charge in [0, 0.05) is 25.5 Å². The molecule has 12 heteroatoms. The van der Waals surface area contributed by atoms with E-state index in [9.17, 15) is 13.2 Å². The maximum atomic E-state index is 12.6. The van der Waals surface area contributed by atoms with Crippen LogP contribution >= 0.6 is 11.3 Å². The van der Waals surface area contributed by atoms with E-state index in [0.717, 1.165) is 22.1 Å². The number of sulfone groups is 1. The van der Waals surface area contributed by atoms with Crippen LogP contribution in [0.25, 0.3) is 21.3 Å². The molecule has 0 aliphatic rings. The summed E-state index contributed by atoms with van der Waals surface area (Å²) in [5.74, 6) is 0.105. The minimum absolute atomic E-state index is 0.00999. The fourth-order valence-electron chi connectivity index (χ4n) is 3.51. The molecule has 0 spiro atoms. The molecule has 4 rings (SSSR count). The molecule has 184 valence electrons. The number of benzene rings is 2. The molecule has 1 unspecified atom stereocenters. The molecule has 0 radical (unpaired) electrons. The Hall–Kier alpha value is -3.19. The summed E-state index contributed by atoms with van der Waals surface area (Å²) in [4.78, 5) is 17.0. The average Bonchev–Trinajstić information content (AvgIpc) is 3.45. The summed E-state index contributed by atoms with van der Waals surface area (Å²) >= 11 is 1.26. The zero-order chi connectivity index (χ0) is 25.0. The first-order valence-electron chi connectivity index (χ1n) is 10.7. The standard InChI is InChI=1S/C23H25N5O5S2/c1-24-13-19-27-28-22(33-19)20(35(3,30)31)23-26-17-8-7-15(12-18(17)34-23)14-5-4-6-16(11-14)21(29)25-9-10-32-2/h4-8,11-12,20,24H,9-10,13H2,1-3H3,(H,25,29). The molecule has 2 aromatic carbocycles. The van der Waals surface area contributed by atoms with Crippen LogP contribution in [0.5, 0.6) is 0 Å². The van der Waals surface area contributed by atoms with Crippen molar-refractivity contribution in [3.8, 4) is 11.1 Å². The predicted molar refractivity (Wildman–Crippen MR) is 133 cm³/mol. The molecule has 10 nitrogen and oxygen atoms in total. The highest BCUT2D eigenvalue weighted by Crippen LogP contribution is 2.36. The Morgan fingerprint density at radius 3 is 2.71 bits per heavy atom. The average molecular weight is 516 g/mol. The van der Waals surface area contributed by atoms with Gasteiger partial charge < -0.3 is 19.8 Å². The maximum absolute atomic E-state index is 12.6. The van der Waals surface area contributed by atoms with Crippen molar-refractivity contribution in [1.29, 1.82) is 0 Å². The fraction of sp³-hybridized carbons (Fsp3) is 0.304. The van der Waals surface area contributed by atoms with Crippen LogP contribution < -0.4 is 10.6 Å². The van der Waals surface area contributed by atoms with Crippen LogP contribution in [0.4, 0.5) is 0 Å². The Balaban J connectivity index is 1.66. The van der Waals surface area contributed by atoms with E-state index in [1.807, 2.05) is 36.4 Å². The van der Waals surface area contributed by atoms with E-state index >= 15 is 0 Å². The van der Waals surface area contributed by atoms with Crippen LogP contribution in [0.15, 0.2) is 46.9 Å². The second-order valence-electron chi connectivity index (χ2n) is 7.84. The summed E-state index contributed by atoms with van der Waals surface area (Å²) in [6.45, 7) is 1.19. The van der Waals surface area contributed by atoms with Gasteiger partial charge in [0.1, 0.15) is 5.01 Å². The Bertz CT molecular complexity index is 1450. The molecule has 0 fully saturated rings. The van der Waals surface area contributed by atoms with Gasteiger partial charge in [-0.3, -0.25) is 4.79 Å². The molecule has 0 bridgehead atoms. The molecule has 0 aliphatic carbocycles. The normalized spacial score (nSPS) is 12.7. The number of carbonyl (C=O) groups is 1. The minimum atomic E-state index is -3.63. The van der Waals surface area contributed by atoms with Gasteiger partial charge in [-0.1, -0.05) is 18.2 Å². The lowest BCUT2D eigenvalue weighted by Gasteiger charge is -2.07. The molecule has 0 saturated carbocycles. The zero-order valence-corrected chi connectivity index (χ0v) is 21.1. The summed E-state index contributed by atoms with van der Waals surface area (Å²) in [5.41, 5.74) is 2.93. The van der Waals surface area contributed by atoms with E-state index < -0.39 is 15.1 Å². The molecule has 4 aromatic rings. The van der Waals surface area contributed by atoms with Crippen molar-refractivity contribution in [3.63, 3.8) is 0 Å². The number of rotatable bonds is 10. The van der Waals surface area contributed by atoms with Crippen LogP contribution in [-0.2, 0) is 21.1 Å². The summed E-state index contributed by atoms with van der Waals surface area (Å²) < 4.78 is 36.6. The zero-order valence-electron chi connectivity index (χ0n) is 19.4. The summed E-state index contributed by atoms with van der Waals surface area (Å²) in [6.07, 6.45) is 1.13. The van der Waals surface area contributed by atoms with Gasteiger partial charge >= 0.3 is 0 Å². The van der Waals surface area contributed by atoms with Crippen molar-refractivity contribution in [3.05, 3.63) is 64.8 Å². The van der Waals surface area contributed by atoms with E-state index in [2.05, 4.69) is 25.8 Å². The number of methoxy groups -OCH3 is 1. The molecule has 35 heavy (non-hydrogen) atoms. The van der Waals surface area contributed by atoms with E-state index in [-0.39, 0.29) is 11.8 Å². The van der Waals surface area contributed by atoms with Crippen molar-refractivity contribution >= 4 is 37.3 Å². The summed E-state index contributed by atoms with van der Waals surface area (Å²) in [7, 11) is -0.322. The molecule has 0 aliphatic heterocycles. The number of ether oxygens (including phenoxy) is 1. The van der Waals surface area contributed by atoms with Gasteiger partial charge in [-0.15, -0.1) is 21.5 Å². The van der Waals surface area contributed by atoms with Gasteiger partial charge in [0.05, 0.1) is 23.4 Å². The SMILES string of the molecule is CNCc1nnc(C(c2nc3ccc(-c4cccc(C(=O)NCCOC)c4)cc3s2)S(C)(=O)=O)o1. The Labute approximate surface area is 206 Å². The Morgan fingerprint density at radius 1 is 1.17 bits per heavy atom. The number of nitrogens with one attached hydrogen (secondary N) is 2. The number of thiazole rings is 1. The van der Waals surface area contributed by atoms with Crippen LogP contribution in [0.3, 0.4) is 0 Å². The van der Waals surface area contributed by atoms with Crippen molar-refractivity contribution in [2.75, 3.05) is 33.6 Å². The van der Waals surface area contributed by atoms with Gasteiger partial charge in [0.15, 0.2) is 15.1 Å². The highest BCUT2D eigenvalue weighted by Gasteiger charge is 2.33. The van der Waals surface area contributed by atoms with E-state index in [1.165, 1.54) is 11.3 Å². The number of nitrogens with zero attached hydrogens (tertiary/aromatic N) is 3. The molecule has 1 atom stereocenters. The Kier molecular flexibility index (Phi) is 7.55. The van der Waals surface area contributed by atoms with Crippen molar-refractivity contribution < 1.29 is 22.4 Å². The minimum Gasteiger partial charge on any atom is -0.422 e. The lowest BCUT2D eigenvalue weighted by atomic mass is 10.0. The van der Waals surface area contributed by atoms with Gasteiger partial charge in [-0.05, 0) is 42.4 Å². The molecule has 2 heterocycles. The van der Waals surface area contributed by atoms with Crippen LogP contribution in [0.2, 0.25) is 0 Å². The third kappa shape index (κ3) is 5.73. The van der Waals surface area contributed by atoms with E-state index in [0.29, 0.717) is 41.7 Å². The summed E-state index contributed by atoms with van der Waals surface area (Å²) in [6, 6.07) is 12.9. The number of fused-ring (bicyclic) bond motifs is 1. The largest absolute Gasteiger partial charge is 0.422 e. The lowest BCUT2D eigenvalue weighted by Crippen LogP contribution is -2.26. The van der Waals surface area contributed by atoms with Gasteiger partial charge in [0.2, 0.25) is 11.8 Å². The molecular weight excluding hydrogens is 490 g/mol. The number of aromatic nitrogens is 3. The maximum Gasteiger partial charge on any atom is 0.251 e. The van der Waals surface area contributed by atoms with E-state index in [4.69, 9.17) is 9.15 Å². The Morgan fingerprint density at radius 2 is 1.97 bits per heavy atom. The van der Waals surface area contributed by atoms with Crippen molar-refractivity contribution in [2.45, 2.75) is 11.8 Å². The molecule has 2 N–H and O–H groups in total. The first-order chi connectivity index (χ1) is 16.8. The van der Waals surface area contributed by atoms with Crippen LogP contribution in [0.1, 0.15) is 32.4 Å². The topological polar surface area (TPSA) is 136 Å². The van der Waals surface area contributed by atoms with E-state index in [1.54, 1.807) is 20.2 Å². The predicted octanol–water partition coefficient (Wildman–Crippen LogP) is 2.58. The summed E-state index contributed by atoms with van der Waals surface area (Å²) in [5, 5.41) is 12.8. The van der Waals surface area contributed by atoms with Crippen molar-refractivity contribution in [1.82, 2.24) is 25.8 Å². The van der Waals surface area contributed by atoms with Crippen LogP contribution in [0, 0.1) is 0 Å². The highest BCUT2D eigenvalue weighted by atomic mass is 32.2. The lowest BCUT2D eigenvalue weighted by molar-refractivity contribution is 0.0937. The molecule has 0 saturated heterocycles. The third-order valence-electron chi connectivity index (χ3n) is 5.14.